The van der Waals surface area contributed by atoms with Crippen LogP contribution >= 0.6 is 0 Å². The van der Waals surface area contributed by atoms with Crippen LogP contribution in [-0.2, 0) is 23.4 Å². The van der Waals surface area contributed by atoms with Crippen molar-refractivity contribution in [3.63, 3.8) is 0 Å². The molecule has 1 unspecified atom stereocenters. The van der Waals surface area contributed by atoms with E-state index in [0.29, 0.717) is 49.2 Å². The first-order valence-electron chi connectivity index (χ1n) is 15.7. The number of amides is 2. The number of sulfone groups is 1. The molecule has 13 nitrogen and oxygen atoms in total. The average Bonchev–Trinajstić information content (AvgIpc) is 3.76. The van der Waals surface area contributed by atoms with Crippen LogP contribution in [0.4, 0.5) is 22.4 Å². The molecule has 1 aliphatic heterocycles. The summed E-state index contributed by atoms with van der Waals surface area (Å²) in [5.41, 5.74) is 3.19. The van der Waals surface area contributed by atoms with Crippen LogP contribution in [0.15, 0.2) is 67.3 Å². The molecule has 2 aliphatic rings. The monoisotopic (exact) mass is 654 g/mol. The van der Waals surface area contributed by atoms with E-state index in [1.165, 1.54) is 12.5 Å². The van der Waals surface area contributed by atoms with Crippen molar-refractivity contribution in [3.05, 3.63) is 78.4 Å². The molecule has 1 saturated heterocycles. The Kier molecular flexibility index (Phi) is 9.35. The molecule has 1 aromatic carbocycles. The first-order valence-corrected chi connectivity index (χ1v) is 17.7. The van der Waals surface area contributed by atoms with Gasteiger partial charge in [-0.2, -0.15) is 15.3 Å². The van der Waals surface area contributed by atoms with Gasteiger partial charge in [-0.3, -0.25) is 9.58 Å². The fourth-order valence-corrected chi connectivity index (χ4v) is 7.26. The molecule has 3 aromatic heterocycles. The van der Waals surface area contributed by atoms with Gasteiger partial charge in [-0.05, 0) is 49.8 Å². The average molecular weight is 655 g/mol. The van der Waals surface area contributed by atoms with Crippen LogP contribution in [0, 0.1) is 11.3 Å². The molecule has 244 valence electrons. The Hall–Kier alpha value is -5.03. The number of urea groups is 1. The van der Waals surface area contributed by atoms with Crippen LogP contribution in [0.1, 0.15) is 43.2 Å². The van der Waals surface area contributed by atoms with Gasteiger partial charge in [0.25, 0.3) is 0 Å². The second kappa shape index (κ2) is 13.8. The second-order valence-electron chi connectivity index (χ2n) is 12.2. The van der Waals surface area contributed by atoms with Gasteiger partial charge < -0.3 is 15.5 Å². The number of carbonyl (C=O) groups is 1. The molecule has 1 saturated carbocycles. The van der Waals surface area contributed by atoms with E-state index in [9.17, 15) is 18.5 Å². The molecule has 4 heterocycles. The molecule has 2 fully saturated rings. The van der Waals surface area contributed by atoms with Crippen molar-refractivity contribution in [2.75, 3.05) is 34.5 Å². The van der Waals surface area contributed by atoms with Crippen molar-refractivity contribution >= 4 is 33.5 Å². The zero-order valence-corrected chi connectivity index (χ0v) is 27.3. The van der Waals surface area contributed by atoms with Crippen molar-refractivity contribution < 1.29 is 13.2 Å². The molecule has 1 aliphatic carbocycles. The standard InChI is InChI=1S/C33H38N10O3S/c1-41-21-26(20-38-41)24-8-13-30(35-18-24)43(33(44)37-17-23-6-4-3-5-7-23)28-11-9-27(10-12-28)39-32-36-19-25(16-34)31(40-32)42-15-14-29(22-42)47(2,45)46/h3-8,13,18-21,27-29H,9-12,14-15,17,22H2,1-2H3,(H,37,44)(H,36,39,40). The number of nitrogens with zero attached hydrogens (tertiary/aromatic N) is 8. The number of anilines is 3. The fraction of sp³-hybridized carbons (Fsp3) is 0.394. The van der Waals surface area contributed by atoms with Crippen LogP contribution in [-0.4, -0.2) is 75.9 Å². The lowest BCUT2D eigenvalue weighted by molar-refractivity contribution is 0.240. The zero-order chi connectivity index (χ0) is 33.0. The van der Waals surface area contributed by atoms with Gasteiger partial charge in [-0.15, -0.1) is 0 Å². The normalized spacial score (nSPS) is 19.6. The molecule has 0 bridgehead atoms. The van der Waals surface area contributed by atoms with Gasteiger partial charge in [0.05, 0.1) is 17.6 Å². The van der Waals surface area contributed by atoms with E-state index < -0.39 is 15.1 Å². The molecule has 0 spiro atoms. The Morgan fingerprint density at radius 3 is 2.45 bits per heavy atom. The summed E-state index contributed by atoms with van der Waals surface area (Å²) < 4.78 is 26.0. The van der Waals surface area contributed by atoms with E-state index in [2.05, 4.69) is 31.8 Å². The third kappa shape index (κ3) is 7.52. The minimum atomic E-state index is -3.19. The van der Waals surface area contributed by atoms with Crippen LogP contribution in [0.25, 0.3) is 11.1 Å². The number of nitrogens with one attached hydrogen (secondary N) is 2. The number of aryl methyl sites for hydroxylation is 1. The number of carbonyl (C=O) groups excluding carboxylic acids is 1. The molecular formula is C33H38N10O3S. The van der Waals surface area contributed by atoms with E-state index in [1.54, 1.807) is 22.0 Å². The SMILES string of the molecule is Cn1cc(-c2ccc(N(C(=O)NCc3ccccc3)C3CCC(Nc4ncc(C#N)c(N5CCC(S(C)(=O)=O)C5)n4)CC3)nc2)cn1. The predicted octanol–water partition coefficient (Wildman–Crippen LogP) is 3.91. The van der Waals surface area contributed by atoms with Gasteiger partial charge in [0.15, 0.2) is 15.7 Å². The molecular weight excluding hydrogens is 616 g/mol. The lowest BCUT2D eigenvalue weighted by atomic mass is 9.90. The topological polar surface area (TPSA) is 162 Å². The number of hydrogen-bond acceptors (Lipinski definition) is 10. The van der Waals surface area contributed by atoms with E-state index in [0.717, 1.165) is 42.4 Å². The van der Waals surface area contributed by atoms with Crippen molar-refractivity contribution in [2.45, 2.75) is 56.0 Å². The summed E-state index contributed by atoms with van der Waals surface area (Å²) in [7, 11) is -1.32. The molecule has 2 amide bonds. The summed E-state index contributed by atoms with van der Waals surface area (Å²) in [6, 6.07) is 15.6. The zero-order valence-electron chi connectivity index (χ0n) is 26.5. The van der Waals surface area contributed by atoms with Crippen LogP contribution in [0.3, 0.4) is 0 Å². The number of nitriles is 1. The first-order chi connectivity index (χ1) is 22.7. The van der Waals surface area contributed by atoms with Gasteiger partial charge in [0.2, 0.25) is 5.95 Å². The van der Waals surface area contributed by atoms with Crippen molar-refractivity contribution in [2.24, 2.45) is 7.05 Å². The summed E-state index contributed by atoms with van der Waals surface area (Å²) in [6.45, 7) is 1.21. The van der Waals surface area contributed by atoms with Crippen LogP contribution in [0.5, 0.6) is 0 Å². The van der Waals surface area contributed by atoms with Crippen LogP contribution < -0.4 is 20.4 Å². The maximum absolute atomic E-state index is 13.7. The molecule has 4 aromatic rings. The van der Waals surface area contributed by atoms with Gasteiger partial charge in [-0.1, -0.05) is 30.3 Å². The van der Waals surface area contributed by atoms with Gasteiger partial charge in [0, 0.05) is 68.5 Å². The molecule has 2 N–H and O–H groups in total. The largest absolute Gasteiger partial charge is 0.354 e. The minimum Gasteiger partial charge on any atom is -0.354 e. The van der Waals surface area contributed by atoms with Crippen molar-refractivity contribution in [1.82, 2.24) is 30.0 Å². The highest BCUT2D eigenvalue weighted by molar-refractivity contribution is 7.91. The van der Waals surface area contributed by atoms with E-state index >= 15 is 0 Å². The van der Waals surface area contributed by atoms with Gasteiger partial charge >= 0.3 is 6.03 Å². The smallest absolute Gasteiger partial charge is 0.323 e. The Morgan fingerprint density at radius 2 is 1.81 bits per heavy atom. The maximum Gasteiger partial charge on any atom is 0.323 e. The highest BCUT2D eigenvalue weighted by Gasteiger charge is 2.33. The highest BCUT2D eigenvalue weighted by Crippen LogP contribution is 2.31. The van der Waals surface area contributed by atoms with E-state index in [-0.39, 0.29) is 18.1 Å². The lowest BCUT2D eigenvalue weighted by Crippen LogP contribution is -2.49. The summed E-state index contributed by atoms with van der Waals surface area (Å²) >= 11 is 0. The number of aromatic nitrogens is 5. The van der Waals surface area contributed by atoms with Gasteiger partial charge in [-0.25, -0.2) is 23.2 Å². The Labute approximate surface area is 274 Å². The molecule has 6 rings (SSSR count). The quantitative estimate of drug-likeness (QED) is 0.271. The summed E-state index contributed by atoms with van der Waals surface area (Å²) in [4.78, 5) is 31.1. The third-order valence-corrected chi connectivity index (χ3v) is 10.5. The fourth-order valence-electron chi connectivity index (χ4n) is 6.28. The predicted molar refractivity (Wildman–Crippen MR) is 179 cm³/mol. The maximum atomic E-state index is 13.7. The highest BCUT2D eigenvalue weighted by atomic mass is 32.2. The lowest BCUT2D eigenvalue weighted by Gasteiger charge is -2.36. The van der Waals surface area contributed by atoms with E-state index in [1.807, 2.05) is 60.6 Å². The number of benzene rings is 1. The number of rotatable bonds is 9. The minimum absolute atomic E-state index is 0.0597. The number of hydrogen-bond donors (Lipinski definition) is 2. The Morgan fingerprint density at radius 1 is 1.02 bits per heavy atom. The number of pyridine rings is 1. The summed E-state index contributed by atoms with van der Waals surface area (Å²) in [5.74, 6) is 1.43. The first kappa shape index (κ1) is 31.9. The van der Waals surface area contributed by atoms with Crippen LogP contribution in [0.2, 0.25) is 0 Å². The molecule has 0 radical (unpaired) electrons. The molecule has 1 atom stereocenters. The molecule has 47 heavy (non-hydrogen) atoms. The van der Waals surface area contributed by atoms with Crippen molar-refractivity contribution in [1.29, 1.82) is 5.26 Å². The van der Waals surface area contributed by atoms with Crippen molar-refractivity contribution in [3.8, 4) is 17.2 Å². The summed E-state index contributed by atoms with van der Waals surface area (Å²) in [6.07, 6.45) is 11.7. The Bertz CT molecular complexity index is 1850. The summed E-state index contributed by atoms with van der Waals surface area (Å²) in [5, 5.41) is 19.9. The second-order valence-corrected chi connectivity index (χ2v) is 14.5. The third-order valence-electron chi connectivity index (χ3n) is 8.87. The van der Waals surface area contributed by atoms with Gasteiger partial charge in [0.1, 0.15) is 17.5 Å². The molecule has 14 heteroatoms. The van der Waals surface area contributed by atoms with E-state index in [4.69, 9.17) is 4.98 Å². The Balaban J connectivity index is 1.15.